The predicted octanol–water partition coefficient (Wildman–Crippen LogP) is 2.61. The molecule has 0 saturated carbocycles. The zero-order valence-corrected chi connectivity index (χ0v) is 15.0. The Balaban J connectivity index is 1.53. The molecule has 0 amide bonds. The topological polar surface area (TPSA) is 66.8 Å². The van der Waals surface area contributed by atoms with Crippen LogP contribution in [0, 0.1) is 5.41 Å². The third-order valence-electron chi connectivity index (χ3n) is 5.94. The van der Waals surface area contributed by atoms with E-state index >= 15 is 0 Å². The maximum Gasteiger partial charge on any atom is 0.162 e. The second-order valence-corrected chi connectivity index (χ2v) is 7.45. The number of anilines is 1. The van der Waals surface area contributed by atoms with Gasteiger partial charge in [0.1, 0.15) is 12.0 Å². The lowest BCUT2D eigenvalue weighted by atomic mass is 9.76. The van der Waals surface area contributed by atoms with Gasteiger partial charge in [0.05, 0.1) is 11.7 Å². The van der Waals surface area contributed by atoms with Crippen molar-refractivity contribution >= 4 is 16.7 Å². The number of pyridine rings is 2. The number of rotatable bonds is 2. The van der Waals surface area contributed by atoms with Crippen LogP contribution in [0.2, 0.25) is 0 Å². The van der Waals surface area contributed by atoms with E-state index in [1.54, 1.807) is 24.8 Å². The van der Waals surface area contributed by atoms with Crippen molar-refractivity contribution in [3.05, 3.63) is 43.0 Å². The number of nitrogens with one attached hydrogen (secondary N) is 1. The Kier molecular flexibility index (Phi) is 3.97. The highest BCUT2D eigenvalue weighted by Gasteiger charge is 2.45. The van der Waals surface area contributed by atoms with Crippen molar-refractivity contribution in [3.63, 3.8) is 0 Å². The van der Waals surface area contributed by atoms with Gasteiger partial charge in [-0.2, -0.15) is 0 Å². The smallest absolute Gasteiger partial charge is 0.162 e. The first-order chi connectivity index (χ1) is 13.3. The van der Waals surface area contributed by atoms with Gasteiger partial charge in [-0.1, -0.05) is 0 Å². The second kappa shape index (κ2) is 6.49. The van der Waals surface area contributed by atoms with Gasteiger partial charge in [0.15, 0.2) is 5.82 Å². The molecule has 27 heavy (non-hydrogen) atoms. The first-order valence-corrected chi connectivity index (χ1v) is 9.37. The summed E-state index contributed by atoms with van der Waals surface area (Å²) in [6.45, 7) is 2.85. The first-order valence-electron chi connectivity index (χ1n) is 9.37. The van der Waals surface area contributed by atoms with Gasteiger partial charge >= 0.3 is 0 Å². The minimum atomic E-state index is -0.752. The van der Waals surface area contributed by atoms with Gasteiger partial charge in [0, 0.05) is 61.1 Å². The van der Waals surface area contributed by atoms with E-state index in [2.05, 4.69) is 25.2 Å². The summed E-state index contributed by atoms with van der Waals surface area (Å²) >= 11 is 0. The van der Waals surface area contributed by atoms with Gasteiger partial charge in [0.2, 0.25) is 0 Å². The van der Waals surface area contributed by atoms with Gasteiger partial charge in [-0.3, -0.25) is 9.97 Å². The zero-order chi connectivity index (χ0) is 18.3. The third-order valence-corrected chi connectivity index (χ3v) is 5.94. The van der Waals surface area contributed by atoms with Crippen LogP contribution in [-0.4, -0.2) is 52.3 Å². The average Bonchev–Trinajstić information content (AvgIpc) is 3.08. The molecule has 2 aliphatic heterocycles. The summed E-state index contributed by atoms with van der Waals surface area (Å²) in [6, 6.07) is 5.77. The van der Waals surface area contributed by atoms with Gasteiger partial charge in [-0.05, 0) is 31.0 Å². The largest absolute Gasteiger partial charge is 0.356 e. The number of aromatic nitrogens is 4. The Morgan fingerprint density at radius 3 is 2.56 bits per heavy atom. The maximum absolute atomic E-state index is 14.4. The number of piperidine rings is 1. The first kappa shape index (κ1) is 16.5. The molecular weight excluding hydrogens is 343 g/mol. The number of halogens is 1. The molecule has 5 rings (SSSR count). The number of hydrogen-bond donors (Lipinski definition) is 1. The third kappa shape index (κ3) is 2.82. The van der Waals surface area contributed by atoms with Crippen molar-refractivity contribution in [1.29, 1.82) is 0 Å². The quantitative estimate of drug-likeness (QED) is 0.754. The van der Waals surface area contributed by atoms with Crippen molar-refractivity contribution in [3.8, 4) is 11.4 Å². The summed E-state index contributed by atoms with van der Waals surface area (Å²) in [5.74, 6) is 1.57. The average molecular weight is 364 g/mol. The number of nitrogens with zero attached hydrogens (tertiary/aromatic N) is 5. The Hall–Kier alpha value is -2.67. The molecule has 2 fully saturated rings. The van der Waals surface area contributed by atoms with Crippen LogP contribution in [0.1, 0.15) is 12.8 Å². The van der Waals surface area contributed by atoms with Gasteiger partial charge in [-0.15, -0.1) is 0 Å². The lowest BCUT2D eigenvalue weighted by molar-refractivity contribution is 0.126. The van der Waals surface area contributed by atoms with Crippen LogP contribution in [0.4, 0.5) is 10.2 Å². The van der Waals surface area contributed by atoms with Crippen LogP contribution in [-0.2, 0) is 0 Å². The fourth-order valence-corrected chi connectivity index (χ4v) is 4.26. The van der Waals surface area contributed by atoms with E-state index in [0.717, 1.165) is 54.8 Å². The van der Waals surface area contributed by atoms with Crippen molar-refractivity contribution in [2.75, 3.05) is 31.1 Å². The van der Waals surface area contributed by atoms with Crippen LogP contribution < -0.4 is 10.2 Å². The fraction of sp³-hybridized carbons (Fsp3) is 0.400. The fourth-order valence-electron chi connectivity index (χ4n) is 4.26. The Bertz CT molecular complexity index is 955. The molecule has 138 valence electrons. The molecule has 1 atom stereocenters. The van der Waals surface area contributed by atoms with E-state index in [4.69, 9.17) is 4.98 Å². The predicted molar refractivity (Wildman–Crippen MR) is 102 cm³/mol. The summed E-state index contributed by atoms with van der Waals surface area (Å²) in [6.07, 6.45) is 7.94. The Morgan fingerprint density at radius 1 is 1.04 bits per heavy atom. The van der Waals surface area contributed by atoms with E-state index < -0.39 is 6.17 Å². The molecule has 7 heteroatoms. The second-order valence-electron chi connectivity index (χ2n) is 7.45. The van der Waals surface area contributed by atoms with Gasteiger partial charge in [0.25, 0.3) is 0 Å². The van der Waals surface area contributed by atoms with Crippen LogP contribution in [0.3, 0.4) is 0 Å². The lowest BCUT2D eigenvalue weighted by Gasteiger charge is -2.40. The highest BCUT2D eigenvalue weighted by atomic mass is 19.1. The standard InChI is InChI=1S/C20H21FN6/c21-17-12-24-13-20(17)4-9-27(10-5-20)19-15-3-8-23-11-16(15)25-18(26-19)14-1-6-22-7-2-14/h1-3,6-8,11,17,24H,4-5,9-10,12-13H2/t17-/m0/s1. The molecule has 2 aliphatic rings. The van der Waals surface area contributed by atoms with Crippen LogP contribution in [0.25, 0.3) is 22.3 Å². The SMILES string of the molecule is F[C@H]1CNCC12CCN(c1nc(-c3ccncc3)nc3cnccc13)CC2. The van der Waals surface area contributed by atoms with E-state index in [9.17, 15) is 4.39 Å². The number of fused-ring (bicyclic) bond motifs is 1. The van der Waals surface area contributed by atoms with Crippen molar-refractivity contribution in [2.24, 2.45) is 5.41 Å². The monoisotopic (exact) mass is 364 g/mol. The molecule has 0 bridgehead atoms. The minimum absolute atomic E-state index is 0.213. The van der Waals surface area contributed by atoms with E-state index in [1.807, 2.05) is 18.2 Å². The van der Waals surface area contributed by atoms with Gasteiger partial charge < -0.3 is 10.2 Å². The molecule has 5 heterocycles. The zero-order valence-electron chi connectivity index (χ0n) is 15.0. The summed E-state index contributed by atoms with van der Waals surface area (Å²) in [4.78, 5) is 20.1. The minimum Gasteiger partial charge on any atom is -0.356 e. The number of hydrogen-bond acceptors (Lipinski definition) is 6. The molecule has 2 saturated heterocycles. The summed E-state index contributed by atoms with van der Waals surface area (Å²) in [5.41, 5.74) is 1.53. The van der Waals surface area contributed by atoms with Gasteiger partial charge in [-0.25, -0.2) is 14.4 Å². The molecule has 1 N–H and O–H groups in total. The van der Waals surface area contributed by atoms with Crippen molar-refractivity contribution in [2.45, 2.75) is 19.0 Å². The lowest BCUT2D eigenvalue weighted by Crippen LogP contribution is -2.45. The van der Waals surface area contributed by atoms with Crippen molar-refractivity contribution < 1.29 is 4.39 Å². The molecule has 0 unspecified atom stereocenters. The molecule has 0 aromatic carbocycles. The number of alkyl halides is 1. The highest BCUT2D eigenvalue weighted by molar-refractivity contribution is 5.90. The summed E-state index contributed by atoms with van der Waals surface area (Å²) < 4.78 is 14.4. The molecular formula is C20H21FN6. The molecule has 3 aromatic rings. The Labute approximate surface area is 156 Å². The maximum atomic E-state index is 14.4. The van der Waals surface area contributed by atoms with E-state index in [1.165, 1.54) is 0 Å². The van der Waals surface area contributed by atoms with Crippen LogP contribution >= 0.6 is 0 Å². The Morgan fingerprint density at radius 2 is 1.81 bits per heavy atom. The summed E-state index contributed by atoms with van der Waals surface area (Å²) in [5, 5.41) is 4.20. The van der Waals surface area contributed by atoms with Crippen molar-refractivity contribution in [1.82, 2.24) is 25.3 Å². The molecule has 0 aliphatic carbocycles. The van der Waals surface area contributed by atoms with E-state index in [-0.39, 0.29) is 5.41 Å². The molecule has 6 nitrogen and oxygen atoms in total. The summed E-state index contributed by atoms with van der Waals surface area (Å²) in [7, 11) is 0. The van der Waals surface area contributed by atoms with E-state index in [0.29, 0.717) is 12.4 Å². The van der Waals surface area contributed by atoms with Crippen LogP contribution in [0.5, 0.6) is 0 Å². The molecule has 3 aromatic heterocycles. The molecule has 1 spiro atoms. The highest BCUT2D eigenvalue weighted by Crippen LogP contribution is 2.40. The van der Waals surface area contributed by atoms with Crippen LogP contribution in [0.15, 0.2) is 43.0 Å². The molecule has 0 radical (unpaired) electrons. The normalized spacial score (nSPS) is 21.8.